The Balaban J connectivity index is 1.36. The molecule has 3 aromatic rings. The molecule has 0 unspecified atom stereocenters. The second-order valence-corrected chi connectivity index (χ2v) is 8.33. The third-order valence-corrected chi connectivity index (χ3v) is 5.74. The van der Waals surface area contributed by atoms with E-state index in [0.29, 0.717) is 18.1 Å². The smallest absolute Gasteiger partial charge is 0.247 e. The number of hydrogen-bond donors (Lipinski definition) is 2. The van der Waals surface area contributed by atoms with E-state index in [1.807, 2.05) is 36.4 Å². The lowest BCUT2D eigenvalue weighted by Crippen LogP contribution is -2.34. The summed E-state index contributed by atoms with van der Waals surface area (Å²) in [6.07, 6.45) is 4.42. The molecule has 1 aliphatic heterocycles. The highest BCUT2D eigenvalue weighted by Crippen LogP contribution is 2.20. The molecule has 1 aromatic heterocycles. The zero-order valence-corrected chi connectivity index (χ0v) is 19.0. The Bertz CT molecular complexity index is 1000. The number of carbonyl (C=O) groups excluding carboxylic acids is 1. The first kappa shape index (κ1) is 23.0. The van der Waals surface area contributed by atoms with E-state index in [1.165, 1.54) is 11.1 Å². The predicted octanol–water partition coefficient (Wildman–Crippen LogP) is 4.46. The number of hydrogen-bond acceptors (Lipinski definition) is 5. The van der Waals surface area contributed by atoms with Crippen LogP contribution >= 0.6 is 0 Å². The van der Waals surface area contributed by atoms with Crippen LogP contribution < -0.4 is 15.4 Å². The van der Waals surface area contributed by atoms with Crippen LogP contribution in [0.4, 0.5) is 5.82 Å². The molecule has 2 heterocycles. The van der Waals surface area contributed by atoms with Crippen molar-refractivity contribution in [1.29, 1.82) is 0 Å². The van der Waals surface area contributed by atoms with Crippen molar-refractivity contribution in [2.24, 2.45) is 0 Å². The van der Waals surface area contributed by atoms with Gasteiger partial charge in [-0.1, -0.05) is 60.2 Å². The molecule has 33 heavy (non-hydrogen) atoms. The summed E-state index contributed by atoms with van der Waals surface area (Å²) in [5, 5.41) is 6.35. The van der Waals surface area contributed by atoms with Crippen LogP contribution in [0.25, 0.3) is 0 Å². The molecule has 0 radical (unpaired) electrons. The van der Waals surface area contributed by atoms with Crippen molar-refractivity contribution in [2.45, 2.75) is 38.3 Å². The first-order valence-corrected chi connectivity index (χ1v) is 11.5. The third kappa shape index (κ3) is 6.88. The SMILES string of the molecule is Cc1ccc(CCN[C@H](C(=O)Nc2ccc(OC3CCOCC3)cn2)c2ccccc2)cc1. The van der Waals surface area contributed by atoms with E-state index in [9.17, 15) is 4.79 Å². The van der Waals surface area contributed by atoms with Gasteiger partial charge in [-0.05, 0) is 36.6 Å². The van der Waals surface area contributed by atoms with Crippen LogP contribution in [0.1, 0.15) is 35.6 Å². The van der Waals surface area contributed by atoms with Gasteiger partial charge in [0.15, 0.2) is 0 Å². The lowest BCUT2D eigenvalue weighted by molar-refractivity contribution is -0.118. The first-order chi connectivity index (χ1) is 16.2. The van der Waals surface area contributed by atoms with Gasteiger partial charge in [-0.3, -0.25) is 4.79 Å². The molecule has 2 N–H and O–H groups in total. The summed E-state index contributed by atoms with van der Waals surface area (Å²) in [5.41, 5.74) is 3.39. The Morgan fingerprint density at radius 1 is 1.06 bits per heavy atom. The van der Waals surface area contributed by atoms with Gasteiger partial charge in [0.2, 0.25) is 5.91 Å². The normalized spacial score (nSPS) is 15.1. The lowest BCUT2D eigenvalue weighted by Gasteiger charge is -2.23. The van der Waals surface area contributed by atoms with Crippen LogP contribution in [-0.2, 0) is 16.0 Å². The minimum atomic E-state index is -0.475. The number of ether oxygens (including phenoxy) is 2. The summed E-state index contributed by atoms with van der Waals surface area (Å²) >= 11 is 0. The average Bonchev–Trinajstić information content (AvgIpc) is 2.85. The number of anilines is 1. The second-order valence-electron chi connectivity index (χ2n) is 8.33. The second kappa shape index (κ2) is 11.6. The van der Waals surface area contributed by atoms with E-state index in [4.69, 9.17) is 9.47 Å². The van der Waals surface area contributed by atoms with Gasteiger partial charge in [-0.15, -0.1) is 0 Å². The standard InChI is InChI=1S/C27H31N3O3/c1-20-7-9-21(10-8-20)13-16-28-26(22-5-3-2-4-6-22)27(31)30-25-12-11-24(19-29-25)33-23-14-17-32-18-15-23/h2-12,19,23,26,28H,13-18H2,1H3,(H,29,30,31)/t26-/m0/s1. The van der Waals surface area contributed by atoms with Crippen LogP contribution in [0.3, 0.4) is 0 Å². The van der Waals surface area contributed by atoms with Crippen molar-refractivity contribution in [3.63, 3.8) is 0 Å². The largest absolute Gasteiger partial charge is 0.489 e. The summed E-state index contributed by atoms with van der Waals surface area (Å²) in [6, 6.07) is 21.4. The fraction of sp³-hybridized carbons (Fsp3) is 0.333. The number of aromatic nitrogens is 1. The molecule has 4 rings (SSSR count). The van der Waals surface area contributed by atoms with Crippen LogP contribution in [0.15, 0.2) is 72.9 Å². The van der Waals surface area contributed by atoms with Gasteiger partial charge in [0.25, 0.3) is 0 Å². The highest BCUT2D eigenvalue weighted by Gasteiger charge is 2.21. The molecule has 1 amide bonds. The molecular formula is C27H31N3O3. The van der Waals surface area contributed by atoms with Crippen LogP contribution in [0.5, 0.6) is 5.75 Å². The van der Waals surface area contributed by atoms with Crippen molar-refractivity contribution in [2.75, 3.05) is 25.1 Å². The van der Waals surface area contributed by atoms with E-state index in [-0.39, 0.29) is 12.0 Å². The molecule has 6 heteroatoms. The van der Waals surface area contributed by atoms with Gasteiger partial charge in [-0.2, -0.15) is 0 Å². The maximum absolute atomic E-state index is 13.1. The fourth-order valence-electron chi connectivity index (χ4n) is 3.83. The topological polar surface area (TPSA) is 72.5 Å². The summed E-state index contributed by atoms with van der Waals surface area (Å²) in [4.78, 5) is 17.5. The Kier molecular flexibility index (Phi) is 8.06. The Morgan fingerprint density at radius 2 is 1.82 bits per heavy atom. The number of rotatable bonds is 9. The Morgan fingerprint density at radius 3 is 2.52 bits per heavy atom. The molecule has 0 aliphatic carbocycles. The van der Waals surface area contributed by atoms with Crippen molar-refractivity contribution in [1.82, 2.24) is 10.3 Å². The van der Waals surface area contributed by atoms with Crippen LogP contribution in [0.2, 0.25) is 0 Å². The number of pyridine rings is 1. The van der Waals surface area contributed by atoms with Crippen molar-refractivity contribution < 1.29 is 14.3 Å². The number of nitrogens with one attached hydrogen (secondary N) is 2. The fourth-order valence-corrected chi connectivity index (χ4v) is 3.83. The van der Waals surface area contributed by atoms with Gasteiger partial charge in [0.05, 0.1) is 19.4 Å². The van der Waals surface area contributed by atoms with Gasteiger partial charge in [-0.25, -0.2) is 4.98 Å². The summed E-state index contributed by atoms with van der Waals surface area (Å²) in [6.45, 7) is 4.21. The highest BCUT2D eigenvalue weighted by atomic mass is 16.5. The van der Waals surface area contributed by atoms with Crippen LogP contribution in [0, 0.1) is 6.92 Å². The quantitative estimate of drug-likeness (QED) is 0.509. The first-order valence-electron chi connectivity index (χ1n) is 11.5. The van der Waals surface area contributed by atoms with Gasteiger partial charge in [0.1, 0.15) is 23.7 Å². The maximum atomic E-state index is 13.1. The number of aryl methyl sites for hydroxylation is 1. The van der Waals surface area contributed by atoms with Crippen LogP contribution in [-0.4, -0.2) is 36.8 Å². The number of carbonyl (C=O) groups is 1. The van der Waals surface area contributed by atoms with Crippen molar-refractivity contribution in [3.05, 3.63) is 89.6 Å². The maximum Gasteiger partial charge on any atom is 0.247 e. The van der Waals surface area contributed by atoms with E-state index in [1.54, 1.807) is 12.3 Å². The molecule has 1 atom stereocenters. The van der Waals surface area contributed by atoms with Crippen molar-refractivity contribution >= 4 is 11.7 Å². The minimum absolute atomic E-state index is 0.143. The monoisotopic (exact) mass is 445 g/mol. The zero-order valence-electron chi connectivity index (χ0n) is 19.0. The summed E-state index contributed by atoms with van der Waals surface area (Å²) in [5.74, 6) is 1.06. The minimum Gasteiger partial charge on any atom is -0.489 e. The predicted molar refractivity (Wildman–Crippen MR) is 129 cm³/mol. The molecular weight excluding hydrogens is 414 g/mol. The molecule has 2 aromatic carbocycles. The highest BCUT2D eigenvalue weighted by molar-refractivity contribution is 5.94. The molecule has 172 valence electrons. The lowest BCUT2D eigenvalue weighted by atomic mass is 10.1. The molecule has 0 saturated carbocycles. The van der Waals surface area contributed by atoms with E-state index >= 15 is 0 Å². The van der Waals surface area contributed by atoms with E-state index in [2.05, 4.69) is 46.8 Å². The molecule has 1 fully saturated rings. The molecule has 0 spiro atoms. The Hall–Kier alpha value is -3.22. The Labute approximate surface area is 195 Å². The van der Waals surface area contributed by atoms with Gasteiger partial charge < -0.3 is 20.1 Å². The van der Waals surface area contributed by atoms with Crippen molar-refractivity contribution in [3.8, 4) is 5.75 Å². The summed E-state index contributed by atoms with van der Waals surface area (Å²) < 4.78 is 11.3. The number of benzene rings is 2. The molecule has 1 saturated heterocycles. The van der Waals surface area contributed by atoms with E-state index < -0.39 is 6.04 Å². The number of amides is 1. The molecule has 6 nitrogen and oxygen atoms in total. The molecule has 1 aliphatic rings. The zero-order chi connectivity index (χ0) is 22.9. The van der Waals surface area contributed by atoms with Gasteiger partial charge in [0, 0.05) is 19.4 Å². The molecule has 0 bridgehead atoms. The van der Waals surface area contributed by atoms with Gasteiger partial charge >= 0.3 is 0 Å². The van der Waals surface area contributed by atoms with E-state index in [0.717, 1.165) is 38.0 Å². The average molecular weight is 446 g/mol. The number of nitrogens with zero attached hydrogens (tertiary/aromatic N) is 1. The summed E-state index contributed by atoms with van der Waals surface area (Å²) in [7, 11) is 0. The third-order valence-electron chi connectivity index (χ3n) is 5.74.